The first-order valence-corrected chi connectivity index (χ1v) is 6.46. The van der Waals surface area contributed by atoms with Gasteiger partial charge in [0, 0.05) is 12.1 Å². The smallest absolute Gasteiger partial charge is 0.162 e. The van der Waals surface area contributed by atoms with E-state index in [0.717, 1.165) is 18.5 Å². The Hall–Kier alpha value is -1.62. The molecule has 0 aliphatic heterocycles. The molecule has 1 aromatic rings. The summed E-state index contributed by atoms with van der Waals surface area (Å²) in [5.74, 6) is 1.20. The molecule has 0 saturated heterocycles. The number of anilines is 2. The predicted molar refractivity (Wildman–Crippen MR) is 78.0 cm³/mol. The lowest BCUT2D eigenvalue weighted by Gasteiger charge is -2.32. The molecule has 0 fully saturated rings. The summed E-state index contributed by atoms with van der Waals surface area (Å²) in [4.78, 5) is 0. The highest BCUT2D eigenvalue weighted by Gasteiger charge is 2.26. The lowest BCUT2D eigenvalue weighted by Crippen LogP contribution is -2.41. The standard InChI is InChI=1S/C14H24N2O3/c1-5-14(6-2,9-17)16-11-8-13(19-4)12(18-3)7-10(11)15/h7-8,16-17H,5-6,9,15H2,1-4H3. The topological polar surface area (TPSA) is 76.7 Å². The van der Waals surface area contributed by atoms with E-state index >= 15 is 0 Å². The summed E-state index contributed by atoms with van der Waals surface area (Å²) >= 11 is 0. The van der Waals surface area contributed by atoms with E-state index in [4.69, 9.17) is 15.2 Å². The van der Waals surface area contributed by atoms with E-state index in [0.29, 0.717) is 17.2 Å². The zero-order chi connectivity index (χ0) is 14.5. The van der Waals surface area contributed by atoms with Gasteiger partial charge < -0.3 is 25.6 Å². The highest BCUT2D eigenvalue weighted by atomic mass is 16.5. The molecule has 0 heterocycles. The number of nitrogens with two attached hydrogens (primary N) is 1. The van der Waals surface area contributed by atoms with Crippen LogP contribution in [0, 0.1) is 0 Å². The molecular weight excluding hydrogens is 244 g/mol. The summed E-state index contributed by atoms with van der Waals surface area (Å²) < 4.78 is 10.5. The number of aliphatic hydroxyl groups is 1. The van der Waals surface area contributed by atoms with Crippen molar-refractivity contribution in [3.8, 4) is 11.5 Å². The van der Waals surface area contributed by atoms with Crippen molar-refractivity contribution < 1.29 is 14.6 Å². The summed E-state index contributed by atoms with van der Waals surface area (Å²) in [5.41, 5.74) is 6.96. The summed E-state index contributed by atoms with van der Waals surface area (Å²) in [5, 5.41) is 12.9. The van der Waals surface area contributed by atoms with Gasteiger partial charge in [-0.3, -0.25) is 0 Å². The first kappa shape index (κ1) is 15.4. The Morgan fingerprint density at radius 3 is 2.11 bits per heavy atom. The molecule has 0 aliphatic carbocycles. The molecule has 108 valence electrons. The first-order valence-electron chi connectivity index (χ1n) is 6.46. The first-order chi connectivity index (χ1) is 9.05. The molecule has 4 N–H and O–H groups in total. The van der Waals surface area contributed by atoms with Crippen molar-refractivity contribution in [3.63, 3.8) is 0 Å². The van der Waals surface area contributed by atoms with Crippen molar-refractivity contribution in [2.24, 2.45) is 0 Å². The average molecular weight is 268 g/mol. The molecule has 0 radical (unpaired) electrons. The number of ether oxygens (including phenoxy) is 2. The SMILES string of the molecule is CCC(CC)(CO)Nc1cc(OC)c(OC)cc1N. The van der Waals surface area contributed by atoms with E-state index < -0.39 is 0 Å². The van der Waals surface area contributed by atoms with Crippen molar-refractivity contribution >= 4 is 11.4 Å². The second-order valence-corrected chi connectivity index (χ2v) is 4.56. The van der Waals surface area contributed by atoms with Crippen LogP contribution in [-0.4, -0.2) is 31.5 Å². The zero-order valence-corrected chi connectivity index (χ0v) is 12.1. The molecule has 0 aromatic heterocycles. The number of methoxy groups -OCH3 is 2. The van der Waals surface area contributed by atoms with Crippen LogP contribution in [-0.2, 0) is 0 Å². The Kier molecular flexibility index (Phi) is 5.30. The van der Waals surface area contributed by atoms with Gasteiger partial charge in [-0.2, -0.15) is 0 Å². The molecule has 1 rings (SSSR count). The van der Waals surface area contributed by atoms with Crippen molar-refractivity contribution in [3.05, 3.63) is 12.1 Å². The van der Waals surface area contributed by atoms with Crippen LogP contribution < -0.4 is 20.5 Å². The number of nitrogens with one attached hydrogen (secondary N) is 1. The van der Waals surface area contributed by atoms with E-state index in [9.17, 15) is 5.11 Å². The Balaban J connectivity index is 3.13. The van der Waals surface area contributed by atoms with Crippen LogP contribution in [0.2, 0.25) is 0 Å². The Bertz CT molecular complexity index is 409. The molecule has 0 bridgehead atoms. The third-order valence-corrected chi connectivity index (χ3v) is 3.61. The van der Waals surface area contributed by atoms with Gasteiger partial charge in [-0.05, 0) is 12.8 Å². The molecule has 0 unspecified atom stereocenters. The van der Waals surface area contributed by atoms with Crippen molar-refractivity contribution in [1.29, 1.82) is 0 Å². The van der Waals surface area contributed by atoms with Gasteiger partial charge in [-0.25, -0.2) is 0 Å². The second kappa shape index (κ2) is 6.52. The number of nitrogen functional groups attached to an aromatic ring is 1. The lowest BCUT2D eigenvalue weighted by atomic mass is 9.93. The number of rotatable bonds is 7. The van der Waals surface area contributed by atoms with Gasteiger partial charge in [0.05, 0.1) is 37.7 Å². The fourth-order valence-electron chi connectivity index (χ4n) is 1.98. The van der Waals surface area contributed by atoms with Crippen LogP contribution in [0.15, 0.2) is 12.1 Å². The summed E-state index contributed by atoms with van der Waals surface area (Å²) in [6, 6.07) is 3.51. The fraction of sp³-hybridized carbons (Fsp3) is 0.571. The molecule has 5 nitrogen and oxygen atoms in total. The molecule has 0 amide bonds. The Labute approximate surface area is 114 Å². The minimum atomic E-state index is -0.367. The van der Waals surface area contributed by atoms with E-state index in [1.165, 1.54) is 0 Å². The Morgan fingerprint density at radius 2 is 1.68 bits per heavy atom. The van der Waals surface area contributed by atoms with Crippen LogP contribution in [0.5, 0.6) is 11.5 Å². The number of benzene rings is 1. The van der Waals surface area contributed by atoms with Crippen LogP contribution >= 0.6 is 0 Å². The van der Waals surface area contributed by atoms with Gasteiger partial charge in [-0.1, -0.05) is 13.8 Å². The number of hydrogen-bond acceptors (Lipinski definition) is 5. The van der Waals surface area contributed by atoms with E-state index in [2.05, 4.69) is 5.32 Å². The van der Waals surface area contributed by atoms with Gasteiger partial charge in [0.2, 0.25) is 0 Å². The average Bonchev–Trinajstić information content (AvgIpc) is 2.46. The largest absolute Gasteiger partial charge is 0.493 e. The third kappa shape index (κ3) is 3.23. The van der Waals surface area contributed by atoms with Crippen LogP contribution in [0.25, 0.3) is 0 Å². The van der Waals surface area contributed by atoms with Crippen molar-refractivity contribution in [2.45, 2.75) is 32.2 Å². The van der Waals surface area contributed by atoms with Crippen molar-refractivity contribution in [2.75, 3.05) is 31.9 Å². The quantitative estimate of drug-likeness (QED) is 0.661. The van der Waals surface area contributed by atoms with Crippen LogP contribution in [0.3, 0.4) is 0 Å². The zero-order valence-electron chi connectivity index (χ0n) is 12.1. The van der Waals surface area contributed by atoms with Gasteiger partial charge in [0.1, 0.15) is 0 Å². The monoisotopic (exact) mass is 268 g/mol. The highest BCUT2D eigenvalue weighted by molar-refractivity contribution is 5.72. The third-order valence-electron chi connectivity index (χ3n) is 3.61. The second-order valence-electron chi connectivity index (χ2n) is 4.56. The van der Waals surface area contributed by atoms with Crippen LogP contribution in [0.1, 0.15) is 26.7 Å². The van der Waals surface area contributed by atoms with Gasteiger partial charge in [0.25, 0.3) is 0 Å². The van der Waals surface area contributed by atoms with Gasteiger partial charge in [0.15, 0.2) is 11.5 Å². The normalized spacial score (nSPS) is 11.2. The molecule has 0 spiro atoms. The van der Waals surface area contributed by atoms with Gasteiger partial charge >= 0.3 is 0 Å². The number of aliphatic hydroxyl groups excluding tert-OH is 1. The predicted octanol–water partition coefficient (Wildman–Crippen LogP) is 2.25. The maximum absolute atomic E-state index is 9.60. The van der Waals surface area contributed by atoms with E-state index in [1.807, 2.05) is 13.8 Å². The lowest BCUT2D eigenvalue weighted by molar-refractivity contribution is 0.202. The maximum atomic E-state index is 9.60. The van der Waals surface area contributed by atoms with Crippen LogP contribution in [0.4, 0.5) is 11.4 Å². The number of hydrogen-bond donors (Lipinski definition) is 3. The van der Waals surface area contributed by atoms with E-state index in [1.54, 1.807) is 26.4 Å². The summed E-state index contributed by atoms with van der Waals surface area (Å²) in [7, 11) is 3.15. The van der Waals surface area contributed by atoms with Gasteiger partial charge in [-0.15, -0.1) is 0 Å². The molecule has 1 aromatic carbocycles. The maximum Gasteiger partial charge on any atom is 0.162 e. The molecule has 0 aliphatic rings. The molecular formula is C14H24N2O3. The summed E-state index contributed by atoms with van der Waals surface area (Å²) in [6.07, 6.45) is 1.60. The molecule has 0 saturated carbocycles. The minimum Gasteiger partial charge on any atom is -0.493 e. The Morgan fingerprint density at radius 1 is 1.16 bits per heavy atom. The van der Waals surface area contributed by atoms with Crippen molar-refractivity contribution in [1.82, 2.24) is 0 Å². The molecule has 0 atom stereocenters. The molecule has 19 heavy (non-hydrogen) atoms. The highest BCUT2D eigenvalue weighted by Crippen LogP contribution is 2.36. The summed E-state index contributed by atoms with van der Waals surface area (Å²) in [6.45, 7) is 4.11. The fourth-order valence-corrected chi connectivity index (χ4v) is 1.98. The van der Waals surface area contributed by atoms with E-state index in [-0.39, 0.29) is 12.1 Å². The molecule has 5 heteroatoms. The minimum absolute atomic E-state index is 0.0494.